The second-order valence-electron chi connectivity index (χ2n) is 6.32. The van der Waals surface area contributed by atoms with E-state index in [1.165, 1.54) is 25.5 Å². The lowest BCUT2D eigenvalue weighted by molar-refractivity contribution is 0.0697. The number of nitrogens with zero attached hydrogens (tertiary/aromatic N) is 1. The summed E-state index contributed by atoms with van der Waals surface area (Å²) < 4.78 is 5.85. The van der Waals surface area contributed by atoms with E-state index in [1.54, 1.807) is 12.1 Å². The first-order valence-corrected chi connectivity index (χ1v) is 9.03. The van der Waals surface area contributed by atoms with Crippen LogP contribution in [0.3, 0.4) is 0 Å². The summed E-state index contributed by atoms with van der Waals surface area (Å²) in [4.78, 5) is 13.6. The summed E-state index contributed by atoms with van der Waals surface area (Å²) in [5.41, 5.74) is 0.789. The number of carboxylic acid groups (broad SMARTS) is 1. The maximum absolute atomic E-state index is 11.1. The van der Waals surface area contributed by atoms with Crippen molar-refractivity contribution >= 4 is 42.4 Å². The van der Waals surface area contributed by atoms with Gasteiger partial charge >= 0.3 is 5.97 Å². The topological polar surface area (TPSA) is 65.7 Å². The lowest BCUT2D eigenvalue weighted by Gasteiger charge is -2.22. The zero-order valence-electron chi connectivity index (χ0n) is 15.1. The molecule has 0 radical (unpaired) electrons. The fourth-order valence-electron chi connectivity index (χ4n) is 3.37. The van der Waals surface area contributed by atoms with Gasteiger partial charge in [-0.2, -0.15) is 0 Å². The van der Waals surface area contributed by atoms with Gasteiger partial charge in [0, 0.05) is 18.2 Å². The molecular weight excluding hydrogens is 411 g/mol. The molecule has 1 unspecified atom stereocenters. The molecule has 3 rings (SSSR count). The fraction of sp³-hybridized carbons (Fsp3) is 0.421. The average molecular weight is 436 g/mol. The second-order valence-corrected chi connectivity index (χ2v) is 6.73. The summed E-state index contributed by atoms with van der Waals surface area (Å²) in [5.74, 6) is 0.414. The van der Waals surface area contributed by atoms with Crippen LogP contribution in [0.5, 0.6) is 0 Å². The molecule has 5 nitrogen and oxygen atoms in total. The molecule has 1 aliphatic heterocycles. The third-order valence-electron chi connectivity index (χ3n) is 4.72. The Morgan fingerprint density at radius 2 is 2.11 bits per heavy atom. The van der Waals surface area contributed by atoms with Gasteiger partial charge in [0.25, 0.3) is 0 Å². The van der Waals surface area contributed by atoms with Crippen LogP contribution in [0.4, 0.5) is 0 Å². The fourth-order valence-corrected chi connectivity index (χ4v) is 3.58. The number of hydrogen-bond donors (Lipinski definition) is 2. The van der Waals surface area contributed by atoms with Crippen LogP contribution in [-0.4, -0.2) is 41.7 Å². The van der Waals surface area contributed by atoms with Crippen LogP contribution in [0, 0.1) is 0 Å². The molecule has 0 saturated carbocycles. The Labute approximate surface area is 176 Å². The molecule has 1 aromatic carbocycles. The molecule has 8 heteroatoms. The van der Waals surface area contributed by atoms with Crippen LogP contribution in [0.25, 0.3) is 11.3 Å². The number of aromatic carboxylic acids is 1. The maximum Gasteiger partial charge on any atom is 0.335 e. The molecule has 1 atom stereocenters. The van der Waals surface area contributed by atoms with Crippen molar-refractivity contribution in [1.82, 2.24) is 10.2 Å². The van der Waals surface area contributed by atoms with Crippen LogP contribution in [0.15, 0.2) is 34.7 Å². The SMILES string of the molecule is CCN1CCCC1CNCc1ccc(-c2cc(C(=O)O)ccc2Cl)o1.Cl.Cl. The number of furan rings is 1. The highest BCUT2D eigenvalue weighted by Gasteiger charge is 2.22. The minimum Gasteiger partial charge on any atom is -0.478 e. The largest absolute Gasteiger partial charge is 0.478 e. The Morgan fingerprint density at radius 1 is 1.33 bits per heavy atom. The Kier molecular flexibility index (Phi) is 9.63. The van der Waals surface area contributed by atoms with Crippen molar-refractivity contribution in [3.05, 3.63) is 46.7 Å². The quantitative estimate of drug-likeness (QED) is 0.659. The summed E-state index contributed by atoms with van der Waals surface area (Å²) in [6.45, 7) is 6.07. The molecule has 1 fully saturated rings. The molecule has 2 heterocycles. The lowest BCUT2D eigenvalue weighted by Crippen LogP contribution is -2.37. The van der Waals surface area contributed by atoms with E-state index in [4.69, 9.17) is 21.1 Å². The molecule has 27 heavy (non-hydrogen) atoms. The highest BCUT2D eigenvalue weighted by Crippen LogP contribution is 2.30. The van der Waals surface area contributed by atoms with Crippen molar-refractivity contribution in [2.24, 2.45) is 0 Å². The molecule has 1 aliphatic rings. The zero-order chi connectivity index (χ0) is 17.8. The van der Waals surface area contributed by atoms with Crippen molar-refractivity contribution in [2.45, 2.75) is 32.4 Å². The van der Waals surface area contributed by atoms with Gasteiger partial charge in [0.2, 0.25) is 0 Å². The smallest absolute Gasteiger partial charge is 0.335 e. The van der Waals surface area contributed by atoms with Crippen LogP contribution < -0.4 is 5.32 Å². The Bertz CT molecular complexity index is 752. The highest BCUT2D eigenvalue weighted by atomic mass is 35.5. The maximum atomic E-state index is 11.1. The van der Waals surface area contributed by atoms with Gasteiger partial charge in [-0.15, -0.1) is 24.8 Å². The average Bonchev–Trinajstić information content (AvgIpc) is 3.24. The molecule has 2 aromatic rings. The molecule has 0 amide bonds. The first-order chi connectivity index (χ1) is 12.1. The second kappa shape index (κ2) is 10.9. The molecule has 1 aromatic heterocycles. The number of likely N-dealkylation sites (N-methyl/N-ethyl adjacent to an activating group) is 1. The van der Waals surface area contributed by atoms with Gasteiger partial charge in [0.05, 0.1) is 17.1 Å². The third kappa shape index (κ3) is 5.87. The first-order valence-electron chi connectivity index (χ1n) is 8.65. The minimum atomic E-state index is -0.983. The number of benzene rings is 1. The third-order valence-corrected chi connectivity index (χ3v) is 5.05. The standard InChI is InChI=1S/C19H23ClN2O3.2ClH/c1-2-22-9-3-4-14(22)11-21-12-15-6-8-18(25-15)16-10-13(19(23)24)5-7-17(16)20;;/h5-8,10,14,21H,2-4,9,11-12H2,1H3,(H,23,24);2*1H. The highest BCUT2D eigenvalue weighted by molar-refractivity contribution is 6.33. The van der Waals surface area contributed by atoms with Crippen molar-refractivity contribution in [3.63, 3.8) is 0 Å². The number of hydrogen-bond acceptors (Lipinski definition) is 4. The van der Waals surface area contributed by atoms with Crippen LogP contribution >= 0.6 is 36.4 Å². The van der Waals surface area contributed by atoms with E-state index in [1.807, 2.05) is 12.1 Å². The van der Waals surface area contributed by atoms with E-state index >= 15 is 0 Å². The number of halogens is 3. The summed E-state index contributed by atoms with van der Waals surface area (Å²) in [6, 6.07) is 8.94. The summed E-state index contributed by atoms with van der Waals surface area (Å²) in [6.07, 6.45) is 2.51. The predicted octanol–water partition coefficient (Wildman–Crippen LogP) is 4.72. The molecule has 1 saturated heterocycles. The minimum absolute atomic E-state index is 0. The van der Waals surface area contributed by atoms with E-state index < -0.39 is 5.97 Å². The van der Waals surface area contributed by atoms with Crippen molar-refractivity contribution < 1.29 is 14.3 Å². The number of likely N-dealkylation sites (tertiary alicyclic amines) is 1. The van der Waals surface area contributed by atoms with Crippen molar-refractivity contribution in [3.8, 4) is 11.3 Å². The summed E-state index contributed by atoms with van der Waals surface area (Å²) in [5, 5.41) is 13.1. The zero-order valence-corrected chi connectivity index (χ0v) is 17.5. The van der Waals surface area contributed by atoms with Crippen LogP contribution in [0.2, 0.25) is 5.02 Å². The molecule has 150 valence electrons. The summed E-state index contributed by atoms with van der Waals surface area (Å²) >= 11 is 6.19. The molecule has 0 spiro atoms. The van der Waals surface area contributed by atoms with Crippen molar-refractivity contribution in [1.29, 1.82) is 0 Å². The monoisotopic (exact) mass is 434 g/mol. The number of carbonyl (C=O) groups is 1. The van der Waals surface area contributed by atoms with E-state index in [2.05, 4.69) is 17.1 Å². The summed E-state index contributed by atoms with van der Waals surface area (Å²) in [7, 11) is 0. The first kappa shape index (κ1) is 23.8. The van der Waals surface area contributed by atoms with Gasteiger partial charge in [-0.05, 0) is 56.3 Å². The predicted molar refractivity (Wildman–Crippen MR) is 113 cm³/mol. The van der Waals surface area contributed by atoms with E-state index in [-0.39, 0.29) is 30.4 Å². The Hall–Kier alpha value is -1.24. The van der Waals surface area contributed by atoms with E-state index in [0.29, 0.717) is 28.9 Å². The van der Waals surface area contributed by atoms with Gasteiger partial charge in [0.1, 0.15) is 11.5 Å². The molecule has 0 aliphatic carbocycles. The van der Waals surface area contributed by atoms with Crippen LogP contribution in [0.1, 0.15) is 35.9 Å². The normalized spacial score (nSPS) is 16.6. The van der Waals surface area contributed by atoms with Gasteiger partial charge in [-0.25, -0.2) is 4.79 Å². The van der Waals surface area contributed by atoms with Gasteiger partial charge < -0.3 is 14.8 Å². The van der Waals surface area contributed by atoms with Gasteiger partial charge in [-0.1, -0.05) is 18.5 Å². The lowest BCUT2D eigenvalue weighted by atomic mass is 10.1. The van der Waals surface area contributed by atoms with E-state index in [0.717, 1.165) is 18.8 Å². The van der Waals surface area contributed by atoms with Gasteiger partial charge in [0.15, 0.2) is 0 Å². The Balaban J connectivity index is 0.00000182. The molecular formula is C19H25Cl3N2O3. The van der Waals surface area contributed by atoms with Crippen molar-refractivity contribution in [2.75, 3.05) is 19.6 Å². The van der Waals surface area contributed by atoms with Crippen LogP contribution in [-0.2, 0) is 6.54 Å². The number of nitrogens with one attached hydrogen (secondary N) is 1. The molecule has 0 bridgehead atoms. The number of carboxylic acids is 1. The number of rotatable bonds is 7. The molecule has 2 N–H and O–H groups in total. The van der Waals surface area contributed by atoms with E-state index in [9.17, 15) is 4.79 Å². The van der Waals surface area contributed by atoms with Gasteiger partial charge in [-0.3, -0.25) is 4.90 Å². The Morgan fingerprint density at radius 3 is 2.81 bits per heavy atom.